The molecule has 1 atom stereocenters. The van der Waals surface area contributed by atoms with E-state index in [1.54, 1.807) is 6.20 Å². The first-order valence-corrected chi connectivity index (χ1v) is 8.09. The van der Waals surface area contributed by atoms with Crippen LogP contribution >= 0.6 is 0 Å². The van der Waals surface area contributed by atoms with Gasteiger partial charge >= 0.3 is 0 Å². The molecule has 2 aromatic heterocycles. The fraction of sp³-hybridized carbons (Fsp3) is 0.412. The number of aromatic nitrogens is 3. The van der Waals surface area contributed by atoms with Gasteiger partial charge < -0.3 is 10.2 Å². The van der Waals surface area contributed by atoms with E-state index in [1.807, 2.05) is 25.1 Å². The van der Waals surface area contributed by atoms with Gasteiger partial charge in [0.05, 0.1) is 0 Å². The van der Waals surface area contributed by atoms with Crippen LogP contribution in [0.3, 0.4) is 0 Å². The van der Waals surface area contributed by atoms with Crippen molar-refractivity contribution in [1.29, 1.82) is 0 Å². The molecule has 1 saturated heterocycles. The summed E-state index contributed by atoms with van der Waals surface area (Å²) in [6.45, 7) is 3.36. The highest BCUT2D eigenvalue weighted by molar-refractivity contribution is 5.86. The first kappa shape index (κ1) is 14.1. The van der Waals surface area contributed by atoms with Crippen molar-refractivity contribution < 1.29 is 4.79 Å². The third kappa shape index (κ3) is 2.44. The summed E-state index contributed by atoms with van der Waals surface area (Å²) in [6.07, 6.45) is 4.80. The minimum Gasteiger partial charge on any atom is -0.353 e. The lowest BCUT2D eigenvalue weighted by Gasteiger charge is -2.35. The highest BCUT2D eigenvalue weighted by Crippen LogP contribution is 2.32. The van der Waals surface area contributed by atoms with E-state index in [0.717, 1.165) is 43.0 Å². The number of carbonyl (C=O) groups excluding carboxylic acids is 1. The Bertz CT molecular complexity index is 746. The quantitative estimate of drug-likeness (QED) is 0.907. The first-order valence-electron chi connectivity index (χ1n) is 8.09. The molecule has 0 radical (unpaired) electrons. The summed E-state index contributed by atoms with van der Waals surface area (Å²) in [7, 11) is 0. The molecular weight excluding hydrogens is 290 g/mol. The van der Waals surface area contributed by atoms with Crippen LogP contribution in [-0.4, -0.2) is 40.0 Å². The third-order valence-corrected chi connectivity index (χ3v) is 4.58. The first-order chi connectivity index (χ1) is 11.2. The van der Waals surface area contributed by atoms with Crippen molar-refractivity contribution in [2.24, 2.45) is 0 Å². The molecule has 3 heterocycles. The molecule has 0 aromatic carbocycles. The maximum Gasteiger partial charge on any atom is 0.242 e. The van der Waals surface area contributed by atoms with Crippen LogP contribution in [0.2, 0.25) is 0 Å². The predicted molar refractivity (Wildman–Crippen MR) is 87.1 cm³/mol. The Morgan fingerprint density at radius 2 is 2.17 bits per heavy atom. The van der Waals surface area contributed by atoms with Crippen LogP contribution in [0.25, 0.3) is 11.5 Å². The molecule has 1 unspecified atom stereocenters. The van der Waals surface area contributed by atoms with Crippen molar-refractivity contribution in [1.82, 2.24) is 20.3 Å². The number of piperazine rings is 1. The van der Waals surface area contributed by atoms with Gasteiger partial charge in [0, 0.05) is 30.5 Å². The number of aryl methyl sites for hydroxylation is 1. The van der Waals surface area contributed by atoms with Gasteiger partial charge in [-0.2, -0.15) is 0 Å². The van der Waals surface area contributed by atoms with E-state index < -0.39 is 0 Å². The molecule has 0 bridgehead atoms. The molecular formula is C17H19N5O. The van der Waals surface area contributed by atoms with Crippen molar-refractivity contribution in [3.05, 3.63) is 35.7 Å². The average molecular weight is 309 g/mol. The van der Waals surface area contributed by atoms with Crippen LogP contribution in [0.4, 0.5) is 5.82 Å². The zero-order valence-electron chi connectivity index (χ0n) is 13.1. The number of fused-ring (bicyclic) bond motifs is 1. The van der Waals surface area contributed by atoms with E-state index in [2.05, 4.69) is 15.2 Å². The standard InChI is InChI=1S/C17H19N5O/c1-11-17(23)19-9-10-22(11)16-12-5-4-7-13(12)20-15(21-16)14-6-2-3-8-18-14/h2-3,6,8,11H,4-5,7,9-10H2,1H3,(H,19,23). The Labute approximate surface area is 135 Å². The van der Waals surface area contributed by atoms with Gasteiger partial charge in [0.1, 0.15) is 17.6 Å². The normalized spacial score (nSPS) is 20.3. The van der Waals surface area contributed by atoms with E-state index in [4.69, 9.17) is 9.97 Å². The van der Waals surface area contributed by atoms with Crippen molar-refractivity contribution in [2.75, 3.05) is 18.0 Å². The van der Waals surface area contributed by atoms with Gasteiger partial charge in [-0.25, -0.2) is 9.97 Å². The van der Waals surface area contributed by atoms with Crippen molar-refractivity contribution in [3.63, 3.8) is 0 Å². The highest BCUT2D eigenvalue weighted by Gasteiger charge is 2.31. The van der Waals surface area contributed by atoms with Crippen LogP contribution in [0.15, 0.2) is 24.4 Å². The van der Waals surface area contributed by atoms with Crippen LogP contribution in [0, 0.1) is 0 Å². The summed E-state index contributed by atoms with van der Waals surface area (Å²) in [5.41, 5.74) is 3.08. The van der Waals surface area contributed by atoms with Crippen molar-refractivity contribution in [2.45, 2.75) is 32.2 Å². The lowest BCUT2D eigenvalue weighted by Crippen LogP contribution is -2.54. The molecule has 0 spiro atoms. The van der Waals surface area contributed by atoms with Gasteiger partial charge in [-0.1, -0.05) is 6.07 Å². The number of anilines is 1. The van der Waals surface area contributed by atoms with Gasteiger partial charge in [0.15, 0.2) is 5.82 Å². The van der Waals surface area contributed by atoms with Gasteiger partial charge in [0.2, 0.25) is 5.91 Å². The largest absolute Gasteiger partial charge is 0.353 e. The molecule has 2 aliphatic rings. The van der Waals surface area contributed by atoms with Crippen LogP contribution in [0.5, 0.6) is 0 Å². The number of hydrogen-bond donors (Lipinski definition) is 1. The number of pyridine rings is 1. The lowest BCUT2D eigenvalue weighted by atomic mass is 10.1. The molecule has 1 fully saturated rings. The summed E-state index contributed by atoms with van der Waals surface area (Å²) < 4.78 is 0. The zero-order valence-corrected chi connectivity index (χ0v) is 13.1. The Balaban J connectivity index is 1.82. The molecule has 1 N–H and O–H groups in total. The average Bonchev–Trinajstić information content (AvgIpc) is 3.06. The molecule has 23 heavy (non-hydrogen) atoms. The smallest absolute Gasteiger partial charge is 0.242 e. The Hall–Kier alpha value is -2.50. The zero-order chi connectivity index (χ0) is 15.8. The number of rotatable bonds is 2. The monoisotopic (exact) mass is 309 g/mol. The molecule has 4 rings (SSSR count). The van der Waals surface area contributed by atoms with Crippen molar-refractivity contribution in [3.8, 4) is 11.5 Å². The Morgan fingerprint density at radius 3 is 3.00 bits per heavy atom. The molecule has 2 aromatic rings. The second-order valence-electron chi connectivity index (χ2n) is 6.02. The molecule has 118 valence electrons. The minimum atomic E-state index is -0.208. The second-order valence-corrected chi connectivity index (χ2v) is 6.02. The highest BCUT2D eigenvalue weighted by atomic mass is 16.2. The summed E-state index contributed by atoms with van der Waals surface area (Å²) in [5.74, 6) is 1.62. The summed E-state index contributed by atoms with van der Waals surface area (Å²) in [6, 6.07) is 5.54. The molecule has 6 heteroatoms. The van der Waals surface area contributed by atoms with Gasteiger partial charge in [-0.3, -0.25) is 9.78 Å². The summed E-state index contributed by atoms with van der Waals surface area (Å²) in [5, 5.41) is 2.91. The maximum absolute atomic E-state index is 12.0. The fourth-order valence-electron chi connectivity index (χ4n) is 3.33. The van der Waals surface area contributed by atoms with Gasteiger partial charge in [-0.15, -0.1) is 0 Å². The molecule has 0 saturated carbocycles. The number of hydrogen-bond acceptors (Lipinski definition) is 5. The van der Waals surface area contributed by atoms with E-state index in [1.165, 1.54) is 5.56 Å². The maximum atomic E-state index is 12.0. The van der Waals surface area contributed by atoms with E-state index >= 15 is 0 Å². The van der Waals surface area contributed by atoms with Gasteiger partial charge in [-0.05, 0) is 38.3 Å². The number of nitrogens with one attached hydrogen (secondary N) is 1. The molecule has 1 amide bonds. The fourth-order valence-corrected chi connectivity index (χ4v) is 3.33. The van der Waals surface area contributed by atoms with Crippen LogP contribution in [-0.2, 0) is 17.6 Å². The molecule has 6 nitrogen and oxygen atoms in total. The molecule has 1 aliphatic carbocycles. The number of nitrogens with zero attached hydrogens (tertiary/aromatic N) is 4. The topological polar surface area (TPSA) is 71.0 Å². The Morgan fingerprint density at radius 1 is 1.26 bits per heavy atom. The minimum absolute atomic E-state index is 0.0565. The van der Waals surface area contributed by atoms with Crippen molar-refractivity contribution >= 4 is 11.7 Å². The molecule has 1 aliphatic heterocycles. The number of carbonyl (C=O) groups is 1. The predicted octanol–water partition coefficient (Wildman–Crippen LogP) is 1.35. The third-order valence-electron chi connectivity index (χ3n) is 4.58. The number of amides is 1. The second kappa shape index (κ2) is 5.61. The van der Waals surface area contributed by atoms with E-state index in [0.29, 0.717) is 12.4 Å². The Kier molecular flexibility index (Phi) is 3.44. The van der Waals surface area contributed by atoms with Gasteiger partial charge in [0.25, 0.3) is 0 Å². The summed E-state index contributed by atoms with van der Waals surface area (Å²) in [4.78, 5) is 28.0. The SMILES string of the molecule is CC1C(=O)NCCN1c1nc(-c2ccccn2)nc2c1CCC2. The lowest BCUT2D eigenvalue weighted by molar-refractivity contribution is -0.122. The van der Waals surface area contributed by atoms with E-state index in [-0.39, 0.29) is 11.9 Å². The summed E-state index contributed by atoms with van der Waals surface area (Å²) >= 11 is 0. The van der Waals surface area contributed by atoms with Crippen LogP contribution in [0.1, 0.15) is 24.6 Å². The van der Waals surface area contributed by atoms with E-state index in [9.17, 15) is 4.79 Å². The van der Waals surface area contributed by atoms with Crippen LogP contribution < -0.4 is 10.2 Å².